The molecule has 1 N–H and O–H groups in total. The molecule has 4 nitrogen and oxygen atoms in total. The van der Waals surface area contributed by atoms with Crippen LogP contribution in [0.1, 0.15) is 77.6 Å². The number of hydrogen-bond acceptors (Lipinski definition) is 3. The fraction of sp³-hybridized carbons (Fsp3) is 0.294. The summed E-state index contributed by atoms with van der Waals surface area (Å²) in [4.78, 5) is 24.2. The van der Waals surface area contributed by atoms with Crippen LogP contribution < -0.4 is 5.32 Å². The highest BCUT2D eigenvalue weighted by molar-refractivity contribution is 6.30. The van der Waals surface area contributed by atoms with Crippen molar-refractivity contribution in [2.75, 3.05) is 13.2 Å². The lowest BCUT2D eigenvalue weighted by Gasteiger charge is -2.29. The van der Waals surface area contributed by atoms with E-state index in [-0.39, 0.29) is 36.7 Å². The number of fused-ring (bicyclic) bond motifs is 1. The van der Waals surface area contributed by atoms with Crippen LogP contribution in [0.5, 0.6) is 0 Å². The van der Waals surface area contributed by atoms with Gasteiger partial charge in [0, 0.05) is 23.0 Å². The summed E-state index contributed by atoms with van der Waals surface area (Å²) in [5, 5.41) is 5.99. The second-order valence-electron chi connectivity index (χ2n) is 9.97. The predicted octanol–water partition coefficient (Wildman–Crippen LogP) is 8.20. The Balaban J connectivity index is 1.64. The minimum atomic E-state index is -0.312. The summed E-state index contributed by atoms with van der Waals surface area (Å²) < 4.78 is 4.93. The minimum Gasteiger partial charge on any atom is -0.466 e. The van der Waals surface area contributed by atoms with E-state index in [9.17, 15) is 9.59 Å². The zero-order valence-corrected chi connectivity index (χ0v) is 23.6. The van der Waals surface area contributed by atoms with Crippen LogP contribution in [0.2, 0.25) is 5.02 Å². The lowest BCUT2D eigenvalue weighted by Crippen LogP contribution is -2.26. The van der Waals surface area contributed by atoms with E-state index >= 15 is 0 Å². The highest BCUT2D eigenvalue weighted by atomic mass is 35.5. The molecule has 2 atom stereocenters. The normalized spacial score (nSPS) is 12.6. The number of rotatable bonds is 11. The van der Waals surface area contributed by atoms with E-state index in [1.807, 2.05) is 24.3 Å². The fourth-order valence-corrected chi connectivity index (χ4v) is 5.36. The molecule has 4 aromatic carbocycles. The first-order chi connectivity index (χ1) is 18.9. The molecular weight excluding hydrogens is 506 g/mol. The molecule has 0 spiro atoms. The van der Waals surface area contributed by atoms with Crippen LogP contribution in [-0.4, -0.2) is 25.0 Å². The van der Waals surface area contributed by atoms with Crippen molar-refractivity contribution in [3.8, 4) is 0 Å². The highest BCUT2D eigenvalue weighted by Gasteiger charge is 2.26. The molecule has 202 valence electrons. The molecule has 1 amide bonds. The van der Waals surface area contributed by atoms with Gasteiger partial charge in [0.15, 0.2) is 0 Å². The third-order valence-corrected chi connectivity index (χ3v) is 7.38. The van der Waals surface area contributed by atoms with Gasteiger partial charge in [-0.25, -0.2) is 0 Å². The maximum Gasteiger partial charge on any atom is 0.307 e. The van der Waals surface area contributed by atoms with Crippen molar-refractivity contribution in [3.05, 3.63) is 118 Å². The Hall–Kier alpha value is -3.63. The van der Waals surface area contributed by atoms with Crippen LogP contribution >= 0.6 is 11.6 Å². The zero-order valence-electron chi connectivity index (χ0n) is 22.9. The third-order valence-electron chi connectivity index (χ3n) is 7.13. The van der Waals surface area contributed by atoms with E-state index in [1.165, 1.54) is 33.0 Å². The Bertz CT molecular complexity index is 1410. The van der Waals surface area contributed by atoms with Gasteiger partial charge in [-0.1, -0.05) is 91.2 Å². The number of halogens is 1. The fourth-order valence-electron chi connectivity index (χ4n) is 5.24. The van der Waals surface area contributed by atoms with Gasteiger partial charge in [0.25, 0.3) is 5.91 Å². The van der Waals surface area contributed by atoms with Crippen molar-refractivity contribution in [2.24, 2.45) is 0 Å². The van der Waals surface area contributed by atoms with Crippen LogP contribution in [0.15, 0.2) is 84.9 Å². The van der Waals surface area contributed by atoms with Gasteiger partial charge in [0.05, 0.1) is 13.0 Å². The number of amides is 1. The molecule has 0 fully saturated rings. The number of hydrogen-bond donors (Lipinski definition) is 1. The molecule has 0 aliphatic carbocycles. The van der Waals surface area contributed by atoms with Gasteiger partial charge in [-0.3, -0.25) is 9.59 Å². The molecule has 1 unspecified atom stereocenters. The number of ether oxygens (including phenoxy) is 1. The third kappa shape index (κ3) is 7.27. The number of aryl methyl sites for hydroxylation is 1. The molecular formula is C34H36ClNO3. The molecule has 4 aromatic rings. The molecule has 39 heavy (non-hydrogen) atoms. The summed E-state index contributed by atoms with van der Waals surface area (Å²) in [6, 6.07) is 29.4. The number of carbonyl (C=O) groups excluding carboxylic acids is 2. The molecule has 5 heteroatoms. The van der Waals surface area contributed by atoms with Gasteiger partial charge in [-0.2, -0.15) is 0 Å². The maximum absolute atomic E-state index is 12.7. The van der Waals surface area contributed by atoms with Crippen LogP contribution in [0.4, 0.5) is 0 Å². The van der Waals surface area contributed by atoms with Gasteiger partial charge in [0.1, 0.15) is 0 Å². The van der Waals surface area contributed by atoms with Crippen LogP contribution in [0.25, 0.3) is 10.8 Å². The number of nitrogens with one attached hydrogen (secondary N) is 1. The Kier molecular flexibility index (Phi) is 9.78. The van der Waals surface area contributed by atoms with Crippen LogP contribution in [0, 0.1) is 6.92 Å². The predicted molar refractivity (Wildman–Crippen MR) is 160 cm³/mol. The standard InChI is InChI=1S/C34H36ClNO3/c1-4-6-31(24-9-11-26(12-10-24)34(38)36-20-19-32(37)39-5-2)33(25-15-17-30(35)18-16-25)29-14-13-27-21-23(3)7-8-28(27)22-29/h7-18,21-22,31,33H,4-6,19-20H2,1-3H3,(H,36,38)/t31-,33?/m1/s1. The minimum absolute atomic E-state index is 0.122. The monoisotopic (exact) mass is 541 g/mol. The van der Waals surface area contributed by atoms with E-state index in [0.29, 0.717) is 12.2 Å². The van der Waals surface area contributed by atoms with Crippen molar-refractivity contribution in [1.29, 1.82) is 0 Å². The van der Waals surface area contributed by atoms with Gasteiger partial charge < -0.3 is 10.1 Å². The summed E-state index contributed by atoms with van der Waals surface area (Å²) in [6.45, 7) is 6.68. The SMILES string of the molecule is CCC[C@H](c1ccc(C(=O)NCCC(=O)OCC)cc1)C(c1ccc(Cl)cc1)c1ccc2cc(C)ccc2c1. The summed E-state index contributed by atoms with van der Waals surface area (Å²) in [5.41, 5.74) is 5.47. The van der Waals surface area contributed by atoms with E-state index in [1.54, 1.807) is 6.92 Å². The second-order valence-corrected chi connectivity index (χ2v) is 10.4. The number of benzene rings is 4. The Morgan fingerprint density at radius 3 is 2.15 bits per heavy atom. The summed E-state index contributed by atoms with van der Waals surface area (Å²) in [5.74, 6) is -0.179. The average Bonchev–Trinajstić information content (AvgIpc) is 2.94. The maximum atomic E-state index is 12.7. The van der Waals surface area contributed by atoms with Crippen molar-refractivity contribution in [1.82, 2.24) is 5.32 Å². The van der Waals surface area contributed by atoms with Crippen molar-refractivity contribution in [2.45, 2.75) is 51.9 Å². The van der Waals surface area contributed by atoms with Gasteiger partial charge >= 0.3 is 5.97 Å². The lowest BCUT2D eigenvalue weighted by molar-refractivity contribution is -0.142. The summed E-state index contributed by atoms with van der Waals surface area (Å²) in [6.07, 6.45) is 2.17. The summed E-state index contributed by atoms with van der Waals surface area (Å²) >= 11 is 6.27. The van der Waals surface area contributed by atoms with E-state index in [4.69, 9.17) is 16.3 Å². The topological polar surface area (TPSA) is 55.4 Å². The molecule has 0 aliphatic heterocycles. The summed E-state index contributed by atoms with van der Waals surface area (Å²) in [7, 11) is 0. The van der Waals surface area contributed by atoms with Crippen molar-refractivity contribution in [3.63, 3.8) is 0 Å². The van der Waals surface area contributed by atoms with Crippen molar-refractivity contribution < 1.29 is 14.3 Å². The second kappa shape index (κ2) is 13.4. The molecule has 0 radical (unpaired) electrons. The van der Waals surface area contributed by atoms with E-state index in [0.717, 1.165) is 17.9 Å². The first-order valence-corrected chi connectivity index (χ1v) is 14.1. The number of carbonyl (C=O) groups is 2. The van der Waals surface area contributed by atoms with E-state index < -0.39 is 0 Å². The average molecular weight is 542 g/mol. The van der Waals surface area contributed by atoms with Gasteiger partial charge in [-0.15, -0.1) is 0 Å². The highest BCUT2D eigenvalue weighted by Crippen LogP contribution is 2.42. The molecule has 0 aromatic heterocycles. The largest absolute Gasteiger partial charge is 0.466 e. The molecule has 0 aliphatic rings. The first kappa shape index (κ1) is 28.4. The molecule has 4 rings (SSSR count). The molecule has 0 heterocycles. The van der Waals surface area contributed by atoms with Gasteiger partial charge in [0.2, 0.25) is 0 Å². The molecule has 0 bridgehead atoms. The number of esters is 1. The Morgan fingerprint density at radius 1 is 0.821 bits per heavy atom. The Labute approximate surface area is 236 Å². The molecule has 0 saturated heterocycles. The van der Waals surface area contributed by atoms with Gasteiger partial charge in [-0.05, 0) is 77.9 Å². The smallest absolute Gasteiger partial charge is 0.307 e. The van der Waals surface area contributed by atoms with Crippen molar-refractivity contribution >= 4 is 34.2 Å². The Morgan fingerprint density at radius 2 is 1.46 bits per heavy atom. The van der Waals surface area contributed by atoms with Crippen LogP contribution in [0.3, 0.4) is 0 Å². The van der Waals surface area contributed by atoms with Crippen LogP contribution in [-0.2, 0) is 9.53 Å². The lowest BCUT2D eigenvalue weighted by atomic mass is 9.74. The molecule has 0 saturated carbocycles. The van der Waals surface area contributed by atoms with E-state index in [2.05, 4.69) is 79.8 Å². The zero-order chi connectivity index (χ0) is 27.8. The first-order valence-electron chi connectivity index (χ1n) is 13.7. The quantitative estimate of drug-likeness (QED) is 0.195.